The molecule has 0 bridgehead atoms. The Hall–Kier alpha value is -1.81. The lowest BCUT2D eigenvalue weighted by atomic mass is 9.82. The normalized spacial score (nSPS) is 22.7. The van der Waals surface area contributed by atoms with Gasteiger partial charge in [-0.15, -0.1) is 0 Å². The number of rotatable bonds is 3. The maximum Gasteiger partial charge on any atom is 0.253 e. The van der Waals surface area contributed by atoms with Crippen LogP contribution in [0.25, 0.3) is 10.9 Å². The van der Waals surface area contributed by atoms with Crippen LogP contribution < -0.4 is 5.32 Å². The van der Waals surface area contributed by atoms with Gasteiger partial charge in [-0.25, -0.2) is 0 Å². The topological polar surface area (TPSA) is 65.1 Å². The van der Waals surface area contributed by atoms with E-state index in [2.05, 4.69) is 10.3 Å². The Bertz CT molecular complexity index is 570. The molecule has 0 unspecified atom stereocenters. The Labute approximate surface area is 105 Å². The van der Waals surface area contributed by atoms with Gasteiger partial charge in [0.1, 0.15) is 0 Å². The van der Waals surface area contributed by atoms with Gasteiger partial charge in [-0.1, -0.05) is 12.1 Å². The third-order valence-electron chi connectivity index (χ3n) is 3.59. The quantitative estimate of drug-likeness (QED) is 0.769. The summed E-state index contributed by atoms with van der Waals surface area (Å²) in [6.07, 6.45) is 3.27. The molecule has 1 aliphatic carbocycles. The minimum absolute atomic E-state index is 0.0514. The van der Waals surface area contributed by atoms with Crippen molar-refractivity contribution in [1.82, 2.24) is 10.3 Å². The van der Waals surface area contributed by atoms with Gasteiger partial charge < -0.3 is 15.4 Å². The van der Waals surface area contributed by atoms with E-state index in [1.165, 1.54) is 0 Å². The third-order valence-corrected chi connectivity index (χ3v) is 3.59. The van der Waals surface area contributed by atoms with Crippen molar-refractivity contribution in [1.29, 1.82) is 0 Å². The zero-order chi connectivity index (χ0) is 12.5. The van der Waals surface area contributed by atoms with E-state index in [0.717, 1.165) is 23.7 Å². The standard InChI is InChI=1S/C14H16N2O2/c17-11-6-9(7-11)8-16-14(18)12-3-1-2-10-4-5-15-13(10)12/h1-5,9,11,15,17H,6-8H2,(H,16,18). The largest absolute Gasteiger partial charge is 0.393 e. The van der Waals surface area contributed by atoms with Crippen LogP contribution in [0.5, 0.6) is 0 Å². The summed E-state index contributed by atoms with van der Waals surface area (Å²) in [5, 5.41) is 13.2. The first kappa shape index (κ1) is 11.3. The molecular formula is C14H16N2O2. The number of fused-ring (bicyclic) bond motifs is 1. The van der Waals surface area contributed by atoms with Crippen molar-refractivity contribution in [3.63, 3.8) is 0 Å². The molecule has 94 valence electrons. The highest BCUT2D eigenvalue weighted by Gasteiger charge is 2.27. The molecule has 1 amide bonds. The van der Waals surface area contributed by atoms with E-state index in [4.69, 9.17) is 0 Å². The van der Waals surface area contributed by atoms with Crippen molar-refractivity contribution in [3.8, 4) is 0 Å². The van der Waals surface area contributed by atoms with E-state index in [9.17, 15) is 9.90 Å². The molecule has 0 aliphatic heterocycles. The van der Waals surface area contributed by atoms with Crippen LogP contribution in [0, 0.1) is 5.92 Å². The van der Waals surface area contributed by atoms with Gasteiger partial charge in [-0.05, 0) is 30.9 Å². The monoisotopic (exact) mass is 244 g/mol. The summed E-state index contributed by atoms with van der Waals surface area (Å²) < 4.78 is 0. The fraction of sp³-hybridized carbons (Fsp3) is 0.357. The number of H-pyrrole nitrogens is 1. The van der Waals surface area contributed by atoms with E-state index in [1.54, 1.807) is 0 Å². The summed E-state index contributed by atoms with van der Waals surface area (Å²) in [5.74, 6) is 0.372. The van der Waals surface area contributed by atoms with Crippen LogP contribution in [0.1, 0.15) is 23.2 Å². The molecule has 3 rings (SSSR count). The Morgan fingerprint density at radius 2 is 2.22 bits per heavy atom. The van der Waals surface area contributed by atoms with Gasteiger partial charge in [0.15, 0.2) is 0 Å². The fourth-order valence-electron chi connectivity index (χ4n) is 2.47. The molecule has 1 aromatic carbocycles. The maximum absolute atomic E-state index is 12.1. The zero-order valence-electron chi connectivity index (χ0n) is 10.0. The van der Waals surface area contributed by atoms with Crippen molar-refractivity contribution >= 4 is 16.8 Å². The number of hydrogen-bond acceptors (Lipinski definition) is 2. The van der Waals surface area contributed by atoms with Crippen molar-refractivity contribution < 1.29 is 9.90 Å². The predicted molar refractivity (Wildman–Crippen MR) is 69.4 cm³/mol. The molecule has 4 heteroatoms. The Kier molecular flexibility index (Phi) is 2.80. The van der Waals surface area contributed by atoms with E-state index in [-0.39, 0.29) is 12.0 Å². The lowest BCUT2D eigenvalue weighted by molar-refractivity contribution is 0.0420. The van der Waals surface area contributed by atoms with Gasteiger partial charge in [0.2, 0.25) is 0 Å². The molecule has 0 atom stereocenters. The maximum atomic E-state index is 12.1. The van der Waals surface area contributed by atoms with Crippen LogP contribution in [0.4, 0.5) is 0 Å². The van der Waals surface area contributed by atoms with E-state index >= 15 is 0 Å². The lowest BCUT2D eigenvalue weighted by Crippen LogP contribution is -2.38. The molecular weight excluding hydrogens is 228 g/mol. The molecule has 1 heterocycles. The molecule has 2 aromatic rings. The SMILES string of the molecule is O=C(NCC1CC(O)C1)c1cccc2cc[nH]c12. The number of amides is 1. The molecule has 1 fully saturated rings. The van der Waals surface area contributed by atoms with Crippen LogP contribution in [0.3, 0.4) is 0 Å². The van der Waals surface area contributed by atoms with Gasteiger partial charge in [0.05, 0.1) is 17.2 Å². The molecule has 3 N–H and O–H groups in total. The van der Waals surface area contributed by atoms with Gasteiger partial charge in [0.25, 0.3) is 5.91 Å². The van der Waals surface area contributed by atoms with Crippen molar-refractivity contribution in [2.75, 3.05) is 6.54 Å². The number of nitrogens with one attached hydrogen (secondary N) is 2. The summed E-state index contributed by atoms with van der Waals surface area (Å²) >= 11 is 0. The van der Waals surface area contributed by atoms with Crippen LogP contribution >= 0.6 is 0 Å². The van der Waals surface area contributed by atoms with Crippen LogP contribution in [-0.2, 0) is 0 Å². The molecule has 0 spiro atoms. The fourth-order valence-corrected chi connectivity index (χ4v) is 2.47. The number of benzene rings is 1. The van der Waals surface area contributed by atoms with Gasteiger partial charge >= 0.3 is 0 Å². The Morgan fingerprint density at radius 1 is 1.39 bits per heavy atom. The second-order valence-corrected chi connectivity index (χ2v) is 4.95. The molecule has 1 saturated carbocycles. The molecule has 0 radical (unpaired) electrons. The first-order valence-electron chi connectivity index (χ1n) is 6.26. The molecule has 18 heavy (non-hydrogen) atoms. The summed E-state index contributed by atoms with van der Waals surface area (Å²) in [5.41, 5.74) is 1.56. The second kappa shape index (κ2) is 4.46. The summed E-state index contributed by atoms with van der Waals surface area (Å²) in [4.78, 5) is 15.2. The van der Waals surface area contributed by atoms with Crippen molar-refractivity contribution in [3.05, 3.63) is 36.0 Å². The number of hydrogen-bond donors (Lipinski definition) is 3. The van der Waals surface area contributed by atoms with Crippen LogP contribution in [-0.4, -0.2) is 28.6 Å². The zero-order valence-corrected chi connectivity index (χ0v) is 10.0. The highest BCUT2D eigenvalue weighted by atomic mass is 16.3. The minimum atomic E-state index is -0.168. The summed E-state index contributed by atoms with van der Waals surface area (Å²) in [6.45, 7) is 0.646. The summed E-state index contributed by atoms with van der Waals surface area (Å²) in [6, 6.07) is 7.64. The Balaban J connectivity index is 1.70. The summed E-state index contributed by atoms with van der Waals surface area (Å²) in [7, 11) is 0. The molecule has 1 aromatic heterocycles. The lowest BCUT2D eigenvalue weighted by Gasteiger charge is -2.31. The molecule has 1 aliphatic rings. The van der Waals surface area contributed by atoms with E-state index in [0.29, 0.717) is 18.0 Å². The average molecular weight is 244 g/mol. The van der Waals surface area contributed by atoms with Crippen molar-refractivity contribution in [2.45, 2.75) is 18.9 Å². The third kappa shape index (κ3) is 1.99. The highest BCUT2D eigenvalue weighted by Crippen LogP contribution is 2.26. The number of carbonyl (C=O) groups is 1. The first-order chi connectivity index (χ1) is 8.74. The van der Waals surface area contributed by atoms with Gasteiger partial charge in [0, 0.05) is 18.1 Å². The Morgan fingerprint density at radius 3 is 3.00 bits per heavy atom. The number of aliphatic hydroxyl groups excluding tert-OH is 1. The van der Waals surface area contributed by atoms with Crippen LogP contribution in [0.2, 0.25) is 0 Å². The van der Waals surface area contributed by atoms with Crippen molar-refractivity contribution in [2.24, 2.45) is 5.92 Å². The van der Waals surface area contributed by atoms with Crippen LogP contribution in [0.15, 0.2) is 30.5 Å². The number of aliphatic hydroxyl groups is 1. The smallest absolute Gasteiger partial charge is 0.253 e. The number of para-hydroxylation sites is 1. The van der Waals surface area contributed by atoms with E-state index < -0.39 is 0 Å². The number of carbonyl (C=O) groups excluding carboxylic acids is 1. The van der Waals surface area contributed by atoms with E-state index in [1.807, 2.05) is 30.5 Å². The molecule has 0 saturated heterocycles. The minimum Gasteiger partial charge on any atom is -0.393 e. The molecule has 4 nitrogen and oxygen atoms in total. The van der Waals surface area contributed by atoms with Gasteiger partial charge in [-0.2, -0.15) is 0 Å². The highest BCUT2D eigenvalue weighted by molar-refractivity contribution is 6.05. The number of aromatic amines is 1. The van der Waals surface area contributed by atoms with Gasteiger partial charge in [-0.3, -0.25) is 4.79 Å². The second-order valence-electron chi connectivity index (χ2n) is 4.95. The average Bonchev–Trinajstić information content (AvgIpc) is 2.80. The first-order valence-corrected chi connectivity index (χ1v) is 6.26. The number of aromatic nitrogens is 1. The predicted octanol–water partition coefficient (Wildman–Crippen LogP) is 1.67.